The van der Waals surface area contributed by atoms with Crippen LogP contribution in [0.3, 0.4) is 0 Å². The first-order valence-electron chi connectivity index (χ1n) is 3.79. The molecule has 0 spiro atoms. The lowest BCUT2D eigenvalue weighted by atomic mass is 10.0. The average molecular weight is 163 g/mol. The van der Waals surface area contributed by atoms with E-state index in [0.717, 1.165) is 0 Å². The molecule has 0 fully saturated rings. The fourth-order valence-electron chi connectivity index (χ4n) is 0.921. The smallest absolute Gasteiger partial charge is 0.168 e. The summed E-state index contributed by atoms with van der Waals surface area (Å²) in [5.74, 6) is -0.662. The van der Waals surface area contributed by atoms with E-state index in [-0.39, 0.29) is 12.4 Å². The fraction of sp³-hybridized carbons (Fsp3) is 0.200. The number of rotatable bonds is 3. The Bertz CT molecular complexity index is 254. The Morgan fingerprint density at radius 1 is 1.42 bits per heavy atom. The Morgan fingerprint density at radius 2 is 2.00 bits per heavy atom. The van der Waals surface area contributed by atoms with Gasteiger partial charge in [0.05, 0.1) is 6.61 Å². The molecule has 1 atom stereocenters. The molecule has 2 heteroatoms. The van der Waals surface area contributed by atoms with Gasteiger partial charge in [0.25, 0.3) is 0 Å². The number of hydrogen-bond donors (Lipinski definition) is 1. The summed E-state index contributed by atoms with van der Waals surface area (Å²) in [5.41, 5.74) is 0.603. The minimum atomic E-state index is -0.549. The SMILES string of the molecule is [CH2]C(CO)C(=O)c1ccccc1. The molecule has 0 aliphatic heterocycles. The van der Waals surface area contributed by atoms with Crippen LogP contribution in [-0.4, -0.2) is 17.5 Å². The summed E-state index contributed by atoms with van der Waals surface area (Å²) in [6, 6.07) is 8.86. The van der Waals surface area contributed by atoms with Crippen LogP contribution in [0.1, 0.15) is 10.4 Å². The quantitative estimate of drug-likeness (QED) is 0.682. The number of Topliss-reactive ketones (excluding diaryl/α,β-unsaturated/α-hetero) is 1. The van der Waals surface area contributed by atoms with Crippen molar-refractivity contribution in [2.75, 3.05) is 6.61 Å². The van der Waals surface area contributed by atoms with Gasteiger partial charge in [0, 0.05) is 11.5 Å². The van der Waals surface area contributed by atoms with Crippen molar-refractivity contribution in [3.8, 4) is 0 Å². The van der Waals surface area contributed by atoms with E-state index in [0.29, 0.717) is 5.56 Å². The average Bonchev–Trinajstić information content (AvgIpc) is 2.17. The molecule has 1 unspecified atom stereocenters. The predicted molar refractivity (Wildman–Crippen MR) is 46.7 cm³/mol. The lowest BCUT2D eigenvalue weighted by Gasteiger charge is -2.05. The van der Waals surface area contributed by atoms with E-state index in [2.05, 4.69) is 6.92 Å². The zero-order chi connectivity index (χ0) is 8.97. The van der Waals surface area contributed by atoms with Gasteiger partial charge in [0.1, 0.15) is 0 Å². The molecular formula is C10H11O2. The highest BCUT2D eigenvalue weighted by atomic mass is 16.3. The molecule has 0 aromatic heterocycles. The molecule has 1 aromatic rings. The largest absolute Gasteiger partial charge is 0.396 e. The van der Waals surface area contributed by atoms with E-state index in [1.807, 2.05) is 6.07 Å². The van der Waals surface area contributed by atoms with Gasteiger partial charge in [0.15, 0.2) is 5.78 Å². The lowest BCUT2D eigenvalue weighted by molar-refractivity contribution is 0.0899. The fourth-order valence-corrected chi connectivity index (χ4v) is 0.921. The molecule has 0 heterocycles. The Morgan fingerprint density at radius 3 is 2.50 bits per heavy atom. The number of ketones is 1. The summed E-state index contributed by atoms with van der Waals surface area (Å²) in [6.45, 7) is 3.33. The van der Waals surface area contributed by atoms with Gasteiger partial charge in [-0.3, -0.25) is 4.79 Å². The highest BCUT2D eigenvalue weighted by Crippen LogP contribution is 2.06. The first-order chi connectivity index (χ1) is 5.75. The highest BCUT2D eigenvalue weighted by molar-refractivity contribution is 5.98. The molecule has 0 bridgehead atoms. The van der Waals surface area contributed by atoms with Crippen molar-refractivity contribution in [1.29, 1.82) is 0 Å². The maximum absolute atomic E-state index is 11.4. The first-order valence-corrected chi connectivity index (χ1v) is 3.79. The second kappa shape index (κ2) is 4.02. The molecule has 0 aliphatic rings. The van der Waals surface area contributed by atoms with Gasteiger partial charge in [0.2, 0.25) is 0 Å². The molecule has 1 aromatic carbocycles. The zero-order valence-corrected chi connectivity index (χ0v) is 6.73. The van der Waals surface area contributed by atoms with E-state index in [4.69, 9.17) is 5.11 Å². The number of carbonyl (C=O) groups is 1. The monoisotopic (exact) mass is 163 g/mol. The van der Waals surface area contributed by atoms with Crippen LogP contribution in [0.15, 0.2) is 30.3 Å². The minimum absolute atomic E-state index is 0.113. The molecule has 1 rings (SSSR count). The maximum atomic E-state index is 11.4. The Balaban J connectivity index is 2.79. The van der Waals surface area contributed by atoms with Gasteiger partial charge in [-0.2, -0.15) is 0 Å². The van der Waals surface area contributed by atoms with Crippen LogP contribution >= 0.6 is 0 Å². The highest BCUT2D eigenvalue weighted by Gasteiger charge is 2.12. The van der Waals surface area contributed by atoms with Gasteiger partial charge in [-0.05, 0) is 6.92 Å². The third-order valence-corrected chi connectivity index (χ3v) is 1.65. The van der Waals surface area contributed by atoms with Crippen LogP contribution in [0, 0.1) is 12.8 Å². The molecule has 63 valence electrons. The van der Waals surface area contributed by atoms with Crippen molar-refractivity contribution in [3.63, 3.8) is 0 Å². The van der Waals surface area contributed by atoms with Crippen LogP contribution in [0.2, 0.25) is 0 Å². The summed E-state index contributed by atoms with van der Waals surface area (Å²) < 4.78 is 0. The molecule has 0 saturated carbocycles. The third-order valence-electron chi connectivity index (χ3n) is 1.65. The number of aliphatic hydroxyl groups excluding tert-OH is 1. The van der Waals surface area contributed by atoms with E-state index in [9.17, 15) is 4.79 Å². The van der Waals surface area contributed by atoms with Crippen molar-refractivity contribution < 1.29 is 9.90 Å². The van der Waals surface area contributed by atoms with E-state index >= 15 is 0 Å². The van der Waals surface area contributed by atoms with Crippen LogP contribution in [0.4, 0.5) is 0 Å². The molecular weight excluding hydrogens is 152 g/mol. The number of benzene rings is 1. The molecule has 1 N–H and O–H groups in total. The summed E-state index contributed by atoms with van der Waals surface area (Å²) in [7, 11) is 0. The van der Waals surface area contributed by atoms with Crippen LogP contribution in [0.5, 0.6) is 0 Å². The minimum Gasteiger partial charge on any atom is -0.396 e. The Kier molecular flexibility index (Phi) is 3.00. The van der Waals surface area contributed by atoms with Crippen LogP contribution < -0.4 is 0 Å². The lowest BCUT2D eigenvalue weighted by Crippen LogP contribution is -2.14. The molecule has 0 aliphatic carbocycles. The van der Waals surface area contributed by atoms with Gasteiger partial charge < -0.3 is 5.11 Å². The standard InChI is InChI=1S/C10H11O2/c1-8(7-11)10(12)9-5-3-2-4-6-9/h2-6,8,11H,1,7H2. The van der Waals surface area contributed by atoms with Crippen molar-refractivity contribution in [3.05, 3.63) is 42.8 Å². The third kappa shape index (κ3) is 1.92. The van der Waals surface area contributed by atoms with E-state index in [1.165, 1.54) is 0 Å². The summed E-state index contributed by atoms with van der Waals surface area (Å²) in [6.07, 6.45) is 0. The normalized spacial score (nSPS) is 12.5. The van der Waals surface area contributed by atoms with Crippen molar-refractivity contribution in [2.45, 2.75) is 0 Å². The summed E-state index contributed by atoms with van der Waals surface area (Å²) in [4.78, 5) is 11.4. The maximum Gasteiger partial charge on any atom is 0.168 e. The second-order valence-corrected chi connectivity index (χ2v) is 2.61. The molecule has 1 radical (unpaired) electrons. The summed E-state index contributed by atoms with van der Waals surface area (Å²) in [5, 5.41) is 8.68. The molecule has 12 heavy (non-hydrogen) atoms. The first kappa shape index (κ1) is 8.94. The number of aliphatic hydroxyl groups is 1. The summed E-state index contributed by atoms with van der Waals surface area (Å²) >= 11 is 0. The second-order valence-electron chi connectivity index (χ2n) is 2.61. The topological polar surface area (TPSA) is 37.3 Å². The number of hydrogen-bond acceptors (Lipinski definition) is 2. The zero-order valence-electron chi connectivity index (χ0n) is 6.73. The Hall–Kier alpha value is -1.15. The Labute approximate surface area is 71.8 Å². The molecule has 2 nitrogen and oxygen atoms in total. The van der Waals surface area contributed by atoms with Gasteiger partial charge in [-0.25, -0.2) is 0 Å². The van der Waals surface area contributed by atoms with Crippen molar-refractivity contribution >= 4 is 5.78 Å². The number of carbonyl (C=O) groups excluding carboxylic acids is 1. The molecule has 0 saturated heterocycles. The van der Waals surface area contributed by atoms with Gasteiger partial charge in [-0.1, -0.05) is 30.3 Å². The van der Waals surface area contributed by atoms with E-state index in [1.54, 1.807) is 24.3 Å². The van der Waals surface area contributed by atoms with Gasteiger partial charge >= 0.3 is 0 Å². The van der Waals surface area contributed by atoms with Crippen LogP contribution in [-0.2, 0) is 0 Å². The predicted octanol–water partition coefficient (Wildman–Crippen LogP) is 1.31. The van der Waals surface area contributed by atoms with Crippen LogP contribution in [0.25, 0.3) is 0 Å². The molecule has 0 amide bonds. The van der Waals surface area contributed by atoms with E-state index < -0.39 is 5.92 Å². The van der Waals surface area contributed by atoms with Gasteiger partial charge in [-0.15, -0.1) is 0 Å². The van der Waals surface area contributed by atoms with Crippen molar-refractivity contribution in [1.82, 2.24) is 0 Å². The van der Waals surface area contributed by atoms with Crippen molar-refractivity contribution in [2.24, 2.45) is 5.92 Å².